The van der Waals surface area contributed by atoms with Gasteiger partial charge in [-0.25, -0.2) is 0 Å². The molecule has 1 aromatic rings. The maximum Gasteiger partial charge on any atom is 0.229 e. The second-order valence-electron chi connectivity index (χ2n) is 4.45. The number of halogens is 1. The molecule has 18 heavy (non-hydrogen) atoms. The van der Waals surface area contributed by atoms with E-state index in [2.05, 4.69) is 22.0 Å². The normalized spacial score (nSPS) is 22.4. The lowest BCUT2D eigenvalue weighted by Gasteiger charge is -2.23. The predicted molar refractivity (Wildman–Crippen MR) is 78.3 cm³/mol. The number of rotatable bonds is 4. The van der Waals surface area contributed by atoms with Crippen LogP contribution in [-0.4, -0.2) is 23.4 Å². The van der Waals surface area contributed by atoms with Gasteiger partial charge in [-0.15, -0.1) is 11.3 Å². The fraction of sp³-hybridized carbons (Fsp3) is 0.462. The summed E-state index contributed by atoms with van der Waals surface area (Å²) < 4.78 is 1.10. The number of carbonyl (C=O) groups excluding carboxylic acids is 1. The topological polar surface area (TPSA) is 46.3 Å². The molecule has 0 aliphatic heterocycles. The van der Waals surface area contributed by atoms with E-state index < -0.39 is 0 Å². The fourth-order valence-electron chi connectivity index (χ4n) is 2.12. The summed E-state index contributed by atoms with van der Waals surface area (Å²) in [6, 6.07) is 4.11. The van der Waals surface area contributed by atoms with Gasteiger partial charge in [-0.1, -0.05) is 12.2 Å². The number of hydrogen-bond donors (Lipinski definition) is 1. The van der Waals surface area contributed by atoms with Crippen molar-refractivity contribution in [3.05, 3.63) is 32.9 Å². The van der Waals surface area contributed by atoms with E-state index in [1.54, 1.807) is 11.3 Å². The molecule has 0 aromatic carbocycles. The second kappa shape index (κ2) is 5.99. The molecule has 3 nitrogen and oxygen atoms in total. The zero-order chi connectivity index (χ0) is 13.1. The van der Waals surface area contributed by atoms with Crippen LogP contribution in [0.3, 0.4) is 0 Å². The molecule has 0 bridgehead atoms. The lowest BCUT2D eigenvalue weighted by Crippen LogP contribution is -2.35. The molecule has 0 radical (unpaired) electrons. The second-order valence-corrected chi connectivity index (χ2v) is 7.00. The van der Waals surface area contributed by atoms with Gasteiger partial charge in [0.05, 0.1) is 16.2 Å². The Bertz CT molecular complexity index is 458. The Morgan fingerprint density at radius 2 is 2.33 bits per heavy atom. The van der Waals surface area contributed by atoms with Gasteiger partial charge in [0.1, 0.15) is 0 Å². The van der Waals surface area contributed by atoms with Crippen molar-refractivity contribution in [2.75, 3.05) is 6.54 Å². The molecular formula is C13H17BrN2OS. The smallest absolute Gasteiger partial charge is 0.229 e. The van der Waals surface area contributed by atoms with Gasteiger partial charge < -0.3 is 10.6 Å². The van der Waals surface area contributed by atoms with Gasteiger partial charge >= 0.3 is 0 Å². The van der Waals surface area contributed by atoms with Crippen LogP contribution in [0.5, 0.6) is 0 Å². The van der Waals surface area contributed by atoms with E-state index in [0.717, 1.165) is 16.8 Å². The molecule has 2 atom stereocenters. The molecular weight excluding hydrogens is 312 g/mol. The highest BCUT2D eigenvalue weighted by molar-refractivity contribution is 9.11. The van der Waals surface area contributed by atoms with Gasteiger partial charge in [0.25, 0.3) is 0 Å². The van der Waals surface area contributed by atoms with E-state index in [0.29, 0.717) is 6.54 Å². The van der Waals surface area contributed by atoms with Gasteiger partial charge in [0.15, 0.2) is 0 Å². The third-order valence-corrected chi connectivity index (χ3v) is 4.71. The molecule has 1 aromatic heterocycles. The first-order valence-corrected chi connectivity index (χ1v) is 7.68. The molecule has 2 N–H and O–H groups in total. The van der Waals surface area contributed by atoms with E-state index in [4.69, 9.17) is 5.73 Å². The highest BCUT2D eigenvalue weighted by Gasteiger charge is 2.26. The summed E-state index contributed by atoms with van der Waals surface area (Å²) in [5.74, 6) is 0.148. The molecule has 98 valence electrons. The first-order chi connectivity index (χ1) is 8.60. The number of carbonyl (C=O) groups is 1. The van der Waals surface area contributed by atoms with E-state index in [1.165, 1.54) is 4.88 Å². The molecule has 1 aliphatic carbocycles. The molecule has 1 amide bonds. The Kier molecular flexibility index (Phi) is 4.59. The molecule has 0 fully saturated rings. The van der Waals surface area contributed by atoms with Crippen molar-refractivity contribution in [2.24, 2.45) is 11.7 Å². The minimum Gasteiger partial charge on any atom is -0.337 e. The minimum absolute atomic E-state index is 0.0357. The quantitative estimate of drug-likeness (QED) is 0.864. The van der Waals surface area contributed by atoms with Crippen molar-refractivity contribution in [3.63, 3.8) is 0 Å². The summed E-state index contributed by atoms with van der Waals surface area (Å²) in [6.45, 7) is 3.43. The van der Waals surface area contributed by atoms with Crippen molar-refractivity contribution in [3.8, 4) is 0 Å². The van der Waals surface area contributed by atoms with Crippen LogP contribution in [0.25, 0.3) is 0 Å². The highest BCUT2D eigenvalue weighted by atomic mass is 79.9. The molecule has 2 rings (SSSR count). The fourth-order valence-corrected chi connectivity index (χ4v) is 3.61. The molecule has 5 heteroatoms. The molecule has 2 unspecified atom stereocenters. The average Bonchev–Trinajstić information content (AvgIpc) is 2.94. The Morgan fingerprint density at radius 1 is 1.56 bits per heavy atom. The first-order valence-electron chi connectivity index (χ1n) is 6.07. The van der Waals surface area contributed by atoms with Gasteiger partial charge in [-0.2, -0.15) is 0 Å². The predicted octanol–water partition coefficient (Wildman–Crippen LogP) is 2.76. The number of nitrogens with zero attached hydrogens (tertiary/aromatic N) is 1. The Labute approximate surface area is 120 Å². The third-order valence-electron chi connectivity index (χ3n) is 3.10. The lowest BCUT2D eigenvalue weighted by atomic mass is 10.1. The first kappa shape index (κ1) is 13.8. The van der Waals surface area contributed by atoms with Gasteiger partial charge in [0.2, 0.25) is 5.91 Å². The Hall–Kier alpha value is -0.650. The van der Waals surface area contributed by atoms with Crippen LogP contribution in [0, 0.1) is 5.92 Å². The van der Waals surface area contributed by atoms with Crippen LogP contribution >= 0.6 is 27.3 Å². The Morgan fingerprint density at radius 3 is 2.83 bits per heavy atom. The van der Waals surface area contributed by atoms with Gasteiger partial charge in [-0.05, 0) is 41.4 Å². The summed E-state index contributed by atoms with van der Waals surface area (Å²) in [6.07, 6.45) is 4.61. The number of thiophene rings is 1. The zero-order valence-corrected chi connectivity index (χ0v) is 12.7. The van der Waals surface area contributed by atoms with Crippen LogP contribution in [-0.2, 0) is 11.3 Å². The largest absolute Gasteiger partial charge is 0.337 e. The van der Waals surface area contributed by atoms with Crippen LogP contribution < -0.4 is 5.73 Å². The van der Waals surface area contributed by atoms with Crippen LogP contribution in [0.15, 0.2) is 28.1 Å². The summed E-state index contributed by atoms with van der Waals surface area (Å²) in [5.41, 5.74) is 5.80. The van der Waals surface area contributed by atoms with Crippen molar-refractivity contribution in [2.45, 2.75) is 25.9 Å². The summed E-state index contributed by atoms with van der Waals surface area (Å²) in [4.78, 5) is 15.4. The molecule has 0 spiro atoms. The van der Waals surface area contributed by atoms with Crippen LogP contribution in [0.4, 0.5) is 0 Å². The van der Waals surface area contributed by atoms with Gasteiger partial charge in [-0.3, -0.25) is 4.79 Å². The Balaban J connectivity index is 2.00. The standard InChI is InChI=1S/C13H17BrN2OS/c1-2-16(8-11-5-6-12(14)18-11)13(17)9-3-4-10(15)7-9/h3-6,9-10H,2,7-8,15H2,1H3. The van der Waals surface area contributed by atoms with E-state index in [-0.39, 0.29) is 17.9 Å². The maximum absolute atomic E-state index is 12.3. The average molecular weight is 329 g/mol. The number of hydrogen-bond acceptors (Lipinski definition) is 3. The van der Waals surface area contributed by atoms with Crippen molar-refractivity contribution < 1.29 is 4.79 Å². The minimum atomic E-state index is -0.0386. The van der Waals surface area contributed by atoms with E-state index in [1.807, 2.05) is 30.0 Å². The highest BCUT2D eigenvalue weighted by Crippen LogP contribution is 2.25. The monoisotopic (exact) mass is 328 g/mol. The summed E-state index contributed by atoms with van der Waals surface area (Å²) in [5, 5.41) is 0. The molecule has 1 heterocycles. The molecule has 0 saturated carbocycles. The summed E-state index contributed by atoms with van der Waals surface area (Å²) in [7, 11) is 0. The van der Waals surface area contributed by atoms with Crippen LogP contribution in [0.2, 0.25) is 0 Å². The third kappa shape index (κ3) is 3.22. The van der Waals surface area contributed by atoms with Crippen LogP contribution in [0.1, 0.15) is 18.2 Å². The zero-order valence-electron chi connectivity index (χ0n) is 10.3. The van der Waals surface area contributed by atoms with Crippen molar-refractivity contribution in [1.29, 1.82) is 0 Å². The maximum atomic E-state index is 12.3. The molecule has 0 saturated heterocycles. The van der Waals surface area contributed by atoms with E-state index >= 15 is 0 Å². The lowest BCUT2D eigenvalue weighted by molar-refractivity contribution is -0.134. The van der Waals surface area contributed by atoms with E-state index in [9.17, 15) is 4.79 Å². The SMILES string of the molecule is CCN(Cc1ccc(Br)s1)C(=O)C1C=CC(N)C1. The number of amides is 1. The number of nitrogens with two attached hydrogens (primary N) is 1. The van der Waals surface area contributed by atoms with Crippen molar-refractivity contribution in [1.82, 2.24) is 4.90 Å². The van der Waals surface area contributed by atoms with Gasteiger partial charge in [0, 0.05) is 17.5 Å². The molecule has 1 aliphatic rings. The summed E-state index contributed by atoms with van der Waals surface area (Å²) >= 11 is 5.11. The van der Waals surface area contributed by atoms with Crippen molar-refractivity contribution >= 4 is 33.2 Å².